The maximum Gasteiger partial charge on any atom is 0.267 e. The van der Waals surface area contributed by atoms with Crippen molar-refractivity contribution in [3.05, 3.63) is 51.7 Å². The summed E-state index contributed by atoms with van der Waals surface area (Å²) in [5.41, 5.74) is 11.9. The number of nitrogens with zero attached hydrogens (tertiary/aromatic N) is 1. The molecule has 0 fully saturated rings. The first-order valence-corrected chi connectivity index (χ1v) is 8.97. The van der Waals surface area contributed by atoms with Crippen LogP contribution in [0, 0.1) is 5.21 Å². The number of rotatable bonds is 3. The Kier molecular flexibility index (Phi) is 4.03. The van der Waals surface area contributed by atoms with Crippen LogP contribution in [0.3, 0.4) is 0 Å². The topological polar surface area (TPSA) is 103 Å². The van der Waals surface area contributed by atoms with E-state index in [2.05, 4.69) is 11.4 Å². The summed E-state index contributed by atoms with van der Waals surface area (Å²) >= 11 is 1.32. The fourth-order valence-corrected chi connectivity index (χ4v) is 4.13. The highest BCUT2D eigenvalue weighted by Crippen LogP contribution is 2.35. The zero-order chi connectivity index (χ0) is 17.4. The molecular weight excluding hydrogens is 336 g/mol. The summed E-state index contributed by atoms with van der Waals surface area (Å²) in [6.45, 7) is 0. The van der Waals surface area contributed by atoms with Crippen LogP contribution in [0.15, 0.2) is 30.3 Å². The average Bonchev–Trinajstić information content (AvgIpc) is 2.96. The molecule has 25 heavy (non-hydrogen) atoms. The van der Waals surface area contributed by atoms with Crippen LogP contribution in [0.4, 0.5) is 17.1 Å². The summed E-state index contributed by atoms with van der Waals surface area (Å²) in [4.78, 5) is 18.6. The van der Waals surface area contributed by atoms with Crippen molar-refractivity contribution in [3.8, 4) is 0 Å². The summed E-state index contributed by atoms with van der Waals surface area (Å²) in [6.07, 6.45) is 4.35. The Labute approximate surface area is 148 Å². The lowest BCUT2D eigenvalue weighted by atomic mass is 9.95. The van der Waals surface area contributed by atoms with E-state index in [4.69, 9.17) is 10.7 Å². The Morgan fingerprint density at radius 1 is 1.16 bits per heavy atom. The molecule has 0 atom stereocenters. The van der Waals surface area contributed by atoms with Gasteiger partial charge in [-0.25, -0.2) is 4.98 Å². The molecule has 0 saturated carbocycles. The van der Waals surface area contributed by atoms with Gasteiger partial charge in [0.15, 0.2) is 0 Å². The monoisotopic (exact) mass is 353 g/mol. The number of nitrogens with two attached hydrogens (primary N) is 1. The molecule has 7 heteroatoms. The van der Waals surface area contributed by atoms with Gasteiger partial charge in [-0.15, -0.1) is 11.3 Å². The molecule has 3 aromatic rings. The summed E-state index contributed by atoms with van der Waals surface area (Å²) in [7, 11) is 0. The van der Waals surface area contributed by atoms with Crippen LogP contribution in [0.2, 0.25) is 0 Å². The van der Waals surface area contributed by atoms with Gasteiger partial charge in [0.1, 0.15) is 9.71 Å². The van der Waals surface area contributed by atoms with Crippen LogP contribution in [0.1, 0.15) is 33.8 Å². The molecule has 0 spiro atoms. The van der Waals surface area contributed by atoms with Gasteiger partial charge in [-0.1, -0.05) is 0 Å². The van der Waals surface area contributed by atoms with Gasteiger partial charge >= 0.3 is 0 Å². The lowest BCUT2D eigenvalue weighted by molar-refractivity contribution is 0.103. The number of fused-ring (bicyclic) bond motifs is 2. The number of carbonyl (C=O) groups excluding carboxylic acids is 1. The smallest absolute Gasteiger partial charge is 0.267 e. The van der Waals surface area contributed by atoms with Crippen molar-refractivity contribution in [2.45, 2.75) is 25.7 Å². The Balaban J connectivity index is 1.65. The Morgan fingerprint density at radius 2 is 1.88 bits per heavy atom. The lowest BCUT2D eigenvalue weighted by Gasteiger charge is -2.14. The number of nitrogen functional groups attached to an aromatic ring is 1. The number of pyridine rings is 1. The molecule has 0 unspecified atom stereocenters. The van der Waals surface area contributed by atoms with E-state index in [1.807, 2.05) is 0 Å². The van der Waals surface area contributed by atoms with Gasteiger partial charge in [0.25, 0.3) is 5.91 Å². The van der Waals surface area contributed by atoms with Crippen molar-refractivity contribution in [2.24, 2.45) is 0 Å². The van der Waals surface area contributed by atoms with Crippen LogP contribution in [0.25, 0.3) is 10.2 Å². The fourth-order valence-electron chi connectivity index (χ4n) is 3.14. The SMILES string of the molecule is Nc1c(C(=O)Nc2ccc(N[O-])cc2)sc2nc3c(cc12)CCCC3. The Bertz CT molecular complexity index is 950. The van der Waals surface area contributed by atoms with Crippen molar-refractivity contribution in [2.75, 3.05) is 16.5 Å². The first kappa shape index (κ1) is 15.9. The molecule has 4 N–H and O–H groups in total. The van der Waals surface area contributed by atoms with Gasteiger partial charge in [0, 0.05) is 22.5 Å². The van der Waals surface area contributed by atoms with Crippen LogP contribution >= 0.6 is 11.3 Å². The summed E-state index contributed by atoms with van der Waals surface area (Å²) < 4.78 is 0. The van der Waals surface area contributed by atoms with Gasteiger partial charge in [-0.2, -0.15) is 0 Å². The maximum atomic E-state index is 12.6. The second kappa shape index (κ2) is 6.34. The number of hydrogen-bond donors (Lipinski definition) is 3. The van der Waals surface area contributed by atoms with Crippen molar-refractivity contribution >= 4 is 44.5 Å². The van der Waals surface area contributed by atoms with E-state index < -0.39 is 0 Å². The molecule has 0 bridgehead atoms. The Hall–Kier alpha value is -2.64. The van der Waals surface area contributed by atoms with Gasteiger partial charge in [0.05, 0.1) is 5.69 Å². The van der Waals surface area contributed by atoms with Crippen LogP contribution in [0.5, 0.6) is 0 Å². The number of anilines is 3. The van der Waals surface area contributed by atoms with E-state index >= 15 is 0 Å². The highest BCUT2D eigenvalue weighted by molar-refractivity contribution is 7.21. The van der Waals surface area contributed by atoms with Crippen molar-refractivity contribution in [1.29, 1.82) is 0 Å². The van der Waals surface area contributed by atoms with Crippen molar-refractivity contribution in [3.63, 3.8) is 0 Å². The third kappa shape index (κ3) is 2.92. The van der Waals surface area contributed by atoms with Gasteiger partial charge < -0.3 is 21.7 Å². The molecule has 2 heterocycles. The fraction of sp³-hybridized carbons (Fsp3) is 0.222. The number of thiophene rings is 1. The molecule has 1 aliphatic rings. The van der Waals surface area contributed by atoms with Gasteiger partial charge in [-0.3, -0.25) is 4.79 Å². The maximum absolute atomic E-state index is 12.6. The molecule has 1 aliphatic carbocycles. The van der Waals surface area contributed by atoms with Crippen molar-refractivity contribution < 1.29 is 4.79 Å². The second-order valence-corrected chi connectivity index (χ2v) is 7.13. The average molecular weight is 353 g/mol. The van der Waals surface area contributed by atoms with Crippen LogP contribution < -0.4 is 16.5 Å². The first-order valence-electron chi connectivity index (χ1n) is 8.16. The standard InChI is InChI=1S/C18H17N4O2S/c19-15-13-9-10-3-1-2-4-14(10)21-18(13)25-16(15)17(23)20-11-5-7-12(22-24)8-6-11/h5-9,22H,1-4,19H2,(H,20,23)/q-1. The minimum Gasteiger partial charge on any atom is -0.761 e. The molecule has 1 amide bonds. The first-order chi connectivity index (χ1) is 12.2. The van der Waals surface area contributed by atoms with Crippen LogP contribution in [-0.2, 0) is 12.8 Å². The molecule has 2 aromatic heterocycles. The van der Waals surface area contributed by atoms with E-state index in [0.29, 0.717) is 21.9 Å². The van der Waals surface area contributed by atoms with E-state index in [0.717, 1.165) is 35.2 Å². The molecule has 6 nitrogen and oxygen atoms in total. The summed E-state index contributed by atoms with van der Waals surface area (Å²) in [5, 5.41) is 14.3. The number of carbonyl (C=O) groups is 1. The molecule has 4 rings (SSSR count). The third-order valence-corrected chi connectivity index (χ3v) is 5.58. The van der Waals surface area contributed by atoms with Crippen LogP contribution in [-0.4, -0.2) is 10.9 Å². The predicted octanol–water partition coefficient (Wildman–Crippen LogP) is 3.92. The number of nitrogens with one attached hydrogen (secondary N) is 2. The molecule has 0 saturated heterocycles. The molecule has 1 aromatic carbocycles. The van der Waals surface area contributed by atoms with E-state index in [9.17, 15) is 10.0 Å². The quantitative estimate of drug-likeness (QED) is 0.619. The summed E-state index contributed by atoms with van der Waals surface area (Å²) in [5.74, 6) is -0.263. The predicted molar refractivity (Wildman–Crippen MR) is 102 cm³/mol. The highest BCUT2D eigenvalue weighted by atomic mass is 32.1. The number of aryl methyl sites for hydroxylation is 2. The largest absolute Gasteiger partial charge is 0.761 e. The number of hydrogen-bond acceptors (Lipinski definition) is 6. The minimum atomic E-state index is -0.263. The minimum absolute atomic E-state index is 0.263. The highest BCUT2D eigenvalue weighted by Gasteiger charge is 2.20. The second-order valence-electron chi connectivity index (χ2n) is 6.13. The third-order valence-electron chi connectivity index (χ3n) is 4.47. The lowest BCUT2D eigenvalue weighted by Crippen LogP contribution is -2.11. The zero-order valence-corrected chi connectivity index (χ0v) is 14.3. The normalized spacial score (nSPS) is 13.5. The zero-order valence-electron chi connectivity index (χ0n) is 13.5. The Morgan fingerprint density at radius 3 is 2.64 bits per heavy atom. The van der Waals surface area contributed by atoms with E-state index in [1.165, 1.54) is 23.3 Å². The number of amides is 1. The number of benzene rings is 1. The van der Waals surface area contributed by atoms with Gasteiger partial charge in [-0.05, 0) is 61.6 Å². The van der Waals surface area contributed by atoms with Crippen molar-refractivity contribution in [1.82, 2.24) is 4.98 Å². The molecule has 0 aliphatic heterocycles. The van der Waals surface area contributed by atoms with E-state index in [-0.39, 0.29) is 5.91 Å². The molecule has 128 valence electrons. The molecular formula is C18H17N4O2S-. The molecule has 0 radical (unpaired) electrons. The summed E-state index contributed by atoms with van der Waals surface area (Å²) in [6, 6.07) is 8.63. The number of aromatic nitrogens is 1. The van der Waals surface area contributed by atoms with Gasteiger partial charge in [0.2, 0.25) is 0 Å². The van der Waals surface area contributed by atoms with E-state index in [1.54, 1.807) is 29.7 Å².